The molecule has 0 bridgehead atoms. The molecule has 2 N–H and O–H groups in total. The first-order valence-corrected chi connectivity index (χ1v) is 6.43. The van der Waals surface area contributed by atoms with Gasteiger partial charge in [-0.2, -0.15) is 4.98 Å². The maximum Gasteiger partial charge on any atom is 0.258 e. The van der Waals surface area contributed by atoms with E-state index in [4.69, 9.17) is 10.3 Å². The van der Waals surface area contributed by atoms with E-state index in [2.05, 4.69) is 15.1 Å². The highest BCUT2D eigenvalue weighted by atomic mass is 19.1. The topological polar surface area (TPSA) is 77.8 Å². The van der Waals surface area contributed by atoms with Crippen LogP contribution in [0.4, 0.5) is 4.39 Å². The minimum absolute atomic E-state index is 0.260. The van der Waals surface area contributed by atoms with Crippen molar-refractivity contribution in [1.29, 1.82) is 0 Å². The number of nitrogens with zero attached hydrogens (tertiary/aromatic N) is 3. The molecule has 5 nitrogen and oxygen atoms in total. The minimum atomic E-state index is -0.260. The fraction of sp³-hybridized carbons (Fsp3) is 0.133. The molecule has 21 heavy (non-hydrogen) atoms. The second kappa shape index (κ2) is 5.41. The lowest BCUT2D eigenvalue weighted by molar-refractivity contribution is 0.432. The molecular formula is C15H13FN4O. The smallest absolute Gasteiger partial charge is 0.258 e. The van der Waals surface area contributed by atoms with Gasteiger partial charge in [-0.1, -0.05) is 5.16 Å². The second-order valence-corrected chi connectivity index (χ2v) is 4.63. The van der Waals surface area contributed by atoms with Crippen LogP contribution in [-0.2, 0) is 6.54 Å². The van der Waals surface area contributed by atoms with Gasteiger partial charge in [-0.3, -0.25) is 4.98 Å². The maximum absolute atomic E-state index is 13.3. The molecule has 1 aromatic carbocycles. The van der Waals surface area contributed by atoms with Gasteiger partial charge in [-0.05, 0) is 42.8 Å². The fourth-order valence-corrected chi connectivity index (χ4v) is 1.96. The van der Waals surface area contributed by atoms with Crippen molar-refractivity contribution in [2.45, 2.75) is 13.5 Å². The molecule has 0 saturated carbocycles. The molecule has 0 unspecified atom stereocenters. The normalized spacial score (nSPS) is 10.8. The zero-order valence-corrected chi connectivity index (χ0v) is 11.4. The summed E-state index contributed by atoms with van der Waals surface area (Å²) in [6.45, 7) is 2.03. The summed E-state index contributed by atoms with van der Waals surface area (Å²) in [4.78, 5) is 8.44. The van der Waals surface area contributed by atoms with Gasteiger partial charge in [-0.15, -0.1) is 0 Å². The van der Waals surface area contributed by atoms with E-state index in [0.717, 1.165) is 11.3 Å². The van der Waals surface area contributed by atoms with Crippen LogP contribution in [0.25, 0.3) is 22.8 Å². The summed E-state index contributed by atoms with van der Waals surface area (Å²) >= 11 is 0. The largest absolute Gasteiger partial charge is 0.334 e. The van der Waals surface area contributed by atoms with Crippen molar-refractivity contribution >= 4 is 0 Å². The average molecular weight is 284 g/mol. The van der Waals surface area contributed by atoms with Gasteiger partial charge < -0.3 is 10.3 Å². The molecule has 3 aromatic rings. The van der Waals surface area contributed by atoms with E-state index in [1.807, 2.05) is 0 Å². The molecule has 2 heterocycles. The number of halogens is 1. The molecule has 0 saturated heterocycles. The zero-order valence-electron chi connectivity index (χ0n) is 11.4. The number of hydrogen-bond acceptors (Lipinski definition) is 5. The lowest BCUT2D eigenvalue weighted by Crippen LogP contribution is -1.98. The minimum Gasteiger partial charge on any atom is -0.334 e. The van der Waals surface area contributed by atoms with Crippen LogP contribution in [-0.4, -0.2) is 15.1 Å². The van der Waals surface area contributed by atoms with Crippen molar-refractivity contribution < 1.29 is 8.91 Å². The summed E-state index contributed by atoms with van der Waals surface area (Å²) < 4.78 is 18.5. The Morgan fingerprint density at radius 2 is 2.05 bits per heavy atom. The summed E-state index contributed by atoms with van der Waals surface area (Å²) in [5, 5.41) is 3.93. The Balaban J connectivity index is 1.97. The van der Waals surface area contributed by atoms with Crippen LogP contribution in [0.3, 0.4) is 0 Å². The van der Waals surface area contributed by atoms with Gasteiger partial charge >= 0.3 is 0 Å². The number of benzene rings is 1. The molecule has 106 valence electrons. The molecule has 0 aliphatic heterocycles. The molecule has 0 aliphatic carbocycles. The number of pyridine rings is 1. The van der Waals surface area contributed by atoms with E-state index in [1.54, 1.807) is 37.4 Å². The van der Waals surface area contributed by atoms with Gasteiger partial charge in [0.2, 0.25) is 5.82 Å². The maximum atomic E-state index is 13.3. The highest BCUT2D eigenvalue weighted by Gasteiger charge is 2.12. The highest BCUT2D eigenvalue weighted by Crippen LogP contribution is 2.23. The van der Waals surface area contributed by atoms with Gasteiger partial charge in [0, 0.05) is 23.9 Å². The van der Waals surface area contributed by atoms with Crippen LogP contribution in [0.1, 0.15) is 11.3 Å². The van der Waals surface area contributed by atoms with Crippen LogP contribution in [0.5, 0.6) is 0 Å². The van der Waals surface area contributed by atoms with Gasteiger partial charge in [0.1, 0.15) is 5.82 Å². The Hall–Kier alpha value is -2.60. The standard InChI is InChI=1S/C15H13FN4O/c1-9-6-10(2-3-13(9)16)14-19-15(21-20-14)11-4-5-18-12(7-11)8-17/h2-7H,8,17H2,1H3. The van der Waals surface area contributed by atoms with Crippen molar-refractivity contribution in [3.8, 4) is 22.8 Å². The third-order valence-corrected chi connectivity index (χ3v) is 3.11. The zero-order chi connectivity index (χ0) is 14.8. The van der Waals surface area contributed by atoms with E-state index >= 15 is 0 Å². The van der Waals surface area contributed by atoms with Crippen LogP contribution in [0, 0.1) is 12.7 Å². The lowest BCUT2D eigenvalue weighted by atomic mass is 10.1. The Bertz CT molecular complexity index is 785. The quantitative estimate of drug-likeness (QED) is 0.800. The summed E-state index contributed by atoms with van der Waals surface area (Å²) in [6, 6.07) is 8.26. The first kappa shape index (κ1) is 13.4. The highest BCUT2D eigenvalue weighted by molar-refractivity contribution is 5.60. The van der Waals surface area contributed by atoms with Crippen LogP contribution < -0.4 is 5.73 Å². The fourth-order valence-electron chi connectivity index (χ4n) is 1.96. The summed E-state index contributed by atoms with van der Waals surface area (Å²) in [5.74, 6) is 0.535. The number of aromatic nitrogens is 3. The van der Waals surface area contributed by atoms with Crippen molar-refractivity contribution in [3.63, 3.8) is 0 Å². The third-order valence-electron chi connectivity index (χ3n) is 3.11. The van der Waals surface area contributed by atoms with Crippen LogP contribution in [0.15, 0.2) is 41.1 Å². The first-order chi connectivity index (χ1) is 10.2. The Morgan fingerprint density at radius 3 is 2.81 bits per heavy atom. The average Bonchev–Trinajstić information content (AvgIpc) is 3.00. The predicted molar refractivity (Wildman–Crippen MR) is 75.6 cm³/mol. The van der Waals surface area contributed by atoms with Crippen molar-refractivity contribution in [1.82, 2.24) is 15.1 Å². The van der Waals surface area contributed by atoms with Gasteiger partial charge in [0.15, 0.2) is 0 Å². The number of hydrogen-bond donors (Lipinski definition) is 1. The third kappa shape index (κ3) is 2.66. The van der Waals surface area contributed by atoms with Gasteiger partial charge in [0.05, 0.1) is 5.69 Å². The van der Waals surface area contributed by atoms with Crippen molar-refractivity contribution in [2.75, 3.05) is 0 Å². The monoisotopic (exact) mass is 284 g/mol. The molecule has 3 rings (SSSR count). The number of aryl methyl sites for hydroxylation is 1. The molecule has 0 aliphatic rings. The first-order valence-electron chi connectivity index (χ1n) is 6.43. The van der Waals surface area contributed by atoms with Gasteiger partial charge in [-0.25, -0.2) is 4.39 Å². The van der Waals surface area contributed by atoms with Crippen LogP contribution in [0.2, 0.25) is 0 Å². The Labute approximate surface area is 120 Å². The molecule has 6 heteroatoms. The summed E-state index contributed by atoms with van der Waals surface area (Å²) in [6.07, 6.45) is 1.64. The Kier molecular flexibility index (Phi) is 3.45. The molecule has 2 aromatic heterocycles. The number of nitrogens with two attached hydrogens (primary N) is 1. The molecule has 0 amide bonds. The molecule has 0 atom stereocenters. The number of rotatable bonds is 3. The van der Waals surface area contributed by atoms with Crippen molar-refractivity contribution in [2.24, 2.45) is 5.73 Å². The Morgan fingerprint density at radius 1 is 1.19 bits per heavy atom. The van der Waals surface area contributed by atoms with E-state index in [0.29, 0.717) is 29.4 Å². The molecule has 0 fully saturated rings. The molecule has 0 radical (unpaired) electrons. The molecule has 0 spiro atoms. The lowest BCUT2D eigenvalue weighted by Gasteiger charge is -1.98. The van der Waals surface area contributed by atoms with E-state index in [-0.39, 0.29) is 5.82 Å². The second-order valence-electron chi connectivity index (χ2n) is 4.63. The summed E-state index contributed by atoms with van der Waals surface area (Å²) in [5.41, 5.74) is 8.29. The summed E-state index contributed by atoms with van der Waals surface area (Å²) in [7, 11) is 0. The van der Waals surface area contributed by atoms with Gasteiger partial charge in [0.25, 0.3) is 5.89 Å². The van der Waals surface area contributed by atoms with Crippen LogP contribution >= 0.6 is 0 Å². The van der Waals surface area contributed by atoms with E-state index in [1.165, 1.54) is 6.07 Å². The predicted octanol–water partition coefficient (Wildman–Crippen LogP) is 2.70. The molecular weight excluding hydrogens is 271 g/mol. The van der Waals surface area contributed by atoms with E-state index < -0.39 is 0 Å². The van der Waals surface area contributed by atoms with E-state index in [9.17, 15) is 4.39 Å². The SMILES string of the molecule is Cc1cc(-c2noc(-c3ccnc(CN)c3)n2)ccc1F. The van der Waals surface area contributed by atoms with Crippen molar-refractivity contribution in [3.05, 3.63) is 53.6 Å².